The number of halogens is 1. The van der Waals surface area contributed by atoms with Crippen molar-refractivity contribution in [3.63, 3.8) is 0 Å². The van der Waals surface area contributed by atoms with Crippen molar-refractivity contribution in [2.75, 3.05) is 13.7 Å². The van der Waals surface area contributed by atoms with E-state index in [2.05, 4.69) is 5.32 Å². The summed E-state index contributed by atoms with van der Waals surface area (Å²) >= 11 is 0. The molecule has 0 aromatic heterocycles. The van der Waals surface area contributed by atoms with Gasteiger partial charge in [-0.1, -0.05) is 12.5 Å². The molecule has 0 amide bonds. The highest BCUT2D eigenvalue weighted by atomic mass is 19.1. The summed E-state index contributed by atoms with van der Waals surface area (Å²) in [4.78, 5) is 0. The van der Waals surface area contributed by atoms with Crippen LogP contribution in [0.5, 0.6) is 11.5 Å². The van der Waals surface area contributed by atoms with Gasteiger partial charge in [0, 0.05) is 11.6 Å². The number of hydrogen-bond acceptors (Lipinski definition) is 3. The number of methoxy groups -OCH3 is 1. The minimum Gasteiger partial charge on any atom is -0.504 e. The minimum atomic E-state index is -0.528. The van der Waals surface area contributed by atoms with E-state index in [1.165, 1.54) is 13.2 Å². The highest BCUT2D eigenvalue weighted by Gasteiger charge is 2.21. The molecule has 1 aromatic rings. The lowest BCUT2D eigenvalue weighted by Crippen LogP contribution is -2.26. The molecule has 1 aromatic carbocycles. The molecule has 2 rings (SSSR count). The van der Waals surface area contributed by atoms with Gasteiger partial charge in [-0.15, -0.1) is 0 Å². The van der Waals surface area contributed by atoms with Crippen molar-refractivity contribution in [2.24, 2.45) is 0 Å². The van der Waals surface area contributed by atoms with Crippen LogP contribution in [0.2, 0.25) is 0 Å². The van der Waals surface area contributed by atoms with Gasteiger partial charge in [0.15, 0.2) is 17.3 Å². The monoisotopic (exact) mass is 225 g/mol. The zero-order chi connectivity index (χ0) is 11.5. The summed E-state index contributed by atoms with van der Waals surface area (Å²) in [5.74, 6) is -0.675. The fourth-order valence-electron chi connectivity index (χ4n) is 2.15. The average Bonchev–Trinajstić information content (AvgIpc) is 2.31. The molecule has 1 atom stereocenters. The molecule has 16 heavy (non-hydrogen) atoms. The van der Waals surface area contributed by atoms with Crippen LogP contribution < -0.4 is 10.1 Å². The molecule has 0 aliphatic carbocycles. The Morgan fingerprint density at radius 1 is 1.44 bits per heavy atom. The van der Waals surface area contributed by atoms with Gasteiger partial charge in [-0.2, -0.15) is 0 Å². The summed E-state index contributed by atoms with van der Waals surface area (Å²) in [6, 6.07) is 3.06. The van der Waals surface area contributed by atoms with Crippen LogP contribution >= 0.6 is 0 Å². The van der Waals surface area contributed by atoms with Gasteiger partial charge < -0.3 is 15.2 Å². The Balaban J connectivity index is 2.33. The first-order chi connectivity index (χ1) is 7.74. The van der Waals surface area contributed by atoms with Crippen molar-refractivity contribution in [3.8, 4) is 11.5 Å². The summed E-state index contributed by atoms with van der Waals surface area (Å²) in [7, 11) is 1.36. The van der Waals surface area contributed by atoms with E-state index in [0.29, 0.717) is 0 Å². The number of hydrogen-bond donors (Lipinski definition) is 2. The number of nitrogens with one attached hydrogen (secondary N) is 1. The molecule has 1 fully saturated rings. The molecule has 4 heteroatoms. The van der Waals surface area contributed by atoms with Crippen LogP contribution in [0, 0.1) is 5.82 Å². The van der Waals surface area contributed by atoms with Gasteiger partial charge in [0.1, 0.15) is 0 Å². The third kappa shape index (κ3) is 1.97. The van der Waals surface area contributed by atoms with Crippen molar-refractivity contribution < 1.29 is 14.2 Å². The molecule has 88 valence electrons. The molecule has 1 aliphatic heterocycles. The lowest BCUT2D eigenvalue weighted by atomic mass is 9.96. The second-order valence-corrected chi connectivity index (χ2v) is 4.02. The summed E-state index contributed by atoms with van der Waals surface area (Å²) in [6.07, 6.45) is 3.23. The Morgan fingerprint density at radius 2 is 2.25 bits per heavy atom. The Morgan fingerprint density at radius 3 is 2.88 bits per heavy atom. The molecule has 0 saturated carbocycles. The van der Waals surface area contributed by atoms with Crippen LogP contribution in [0.15, 0.2) is 12.1 Å². The van der Waals surface area contributed by atoms with E-state index < -0.39 is 5.82 Å². The number of rotatable bonds is 2. The molecule has 3 nitrogen and oxygen atoms in total. The number of aromatic hydroxyl groups is 1. The van der Waals surface area contributed by atoms with Crippen LogP contribution in [-0.4, -0.2) is 18.8 Å². The molecule has 1 saturated heterocycles. The molecule has 2 N–H and O–H groups in total. The molecule has 1 aliphatic rings. The maximum Gasteiger partial charge on any atom is 0.196 e. The van der Waals surface area contributed by atoms with E-state index in [1.807, 2.05) is 0 Å². The maximum absolute atomic E-state index is 13.3. The molecule has 0 bridgehead atoms. The van der Waals surface area contributed by atoms with Gasteiger partial charge >= 0.3 is 0 Å². The lowest BCUT2D eigenvalue weighted by molar-refractivity contribution is 0.338. The van der Waals surface area contributed by atoms with Crippen LogP contribution in [-0.2, 0) is 0 Å². The number of piperidine rings is 1. The smallest absolute Gasteiger partial charge is 0.196 e. The largest absolute Gasteiger partial charge is 0.504 e. The zero-order valence-electron chi connectivity index (χ0n) is 9.29. The standard InChI is InChI=1S/C12H16FNO2/c1-16-12-9(13)6-5-8(11(12)15)10-4-2-3-7-14-10/h5-6,10,14-15H,2-4,7H2,1H3. The van der Waals surface area contributed by atoms with Gasteiger partial charge in [-0.25, -0.2) is 4.39 Å². The topological polar surface area (TPSA) is 41.5 Å². The molecule has 1 unspecified atom stereocenters. The number of benzene rings is 1. The summed E-state index contributed by atoms with van der Waals surface area (Å²) < 4.78 is 18.1. The van der Waals surface area contributed by atoms with Crippen LogP contribution in [0.25, 0.3) is 0 Å². The third-order valence-corrected chi connectivity index (χ3v) is 3.00. The van der Waals surface area contributed by atoms with Crippen molar-refractivity contribution in [2.45, 2.75) is 25.3 Å². The predicted molar refractivity (Wildman–Crippen MR) is 59.2 cm³/mol. The van der Waals surface area contributed by atoms with Crippen molar-refractivity contribution >= 4 is 0 Å². The molecule has 0 radical (unpaired) electrons. The minimum absolute atomic E-state index is 0.0649. The van der Waals surface area contributed by atoms with Gasteiger partial charge in [-0.3, -0.25) is 0 Å². The fraction of sp³-hybridized carbons (Fsp3) is 0.500. The Labute approximate surface area is 94.2 Å². The van der Waals surface area contributed by atoms with Gasteiger partial charge in [-0.05, 0) is 25.5 Å². The third-order valence-electron chi connectivity index (χ3n) is 3.00. The summed E-state index contributed by atoms with van der Waals surface area (Å²) in [5, 5.41) is 13.2. The van der Waals surface area contributed by atoms with E-state index in [1.54, 1.807) is 6.07 Å². The molecule has 1 heterocycles. The van der Waals surface area contributed by atoms with Gasteiger partial charge in [0.2, 0.25) is 0 Å². The van der Waals surface area contributed by atoms with E-state index >= 15 is 0 Å². The van der Waals surface area contributed by atoms with Crippen molar-refractivity contribution in [3.05, 3.63) is 23.5 Å². The SMILES string of the molecule is COc1c(F)ccc(C2CCCCN2)c1O. The second-order valence-electron chi connectivity index (χ2n) is 4.02. The first-order valence-electron chi connectivity index (χ1n) is 5.52. The number of ether oxygens (including phenoxy) is 1. The Hall–Kier alpha value is -1.29. The summed E-state index contributed by atoms with van der Waals surface area (Å²) in [5.41, 5.74) is 0.720. The first-order valence-corrected chi connectivity index (χ1v) is 5.52. The highest BCUT2D eigenvalue weighted by molar-refractivity contribution is 5.48. The molecular weight excluding hydrogens is 209 g/mol. The normalized spacial score (nSPS) is 20.8. The number of phenolic OH excluding ortho intramolecular Hbond substituents is 1. The quantitative estimate of drug-likeness (QED) is 0.811. The molecule has 0 spiro atoms. The predicted octanol–water partition coefficient (Wildman–Crippen LogP) is 2.35. The number of phenols is 1. The first kappa shape index (κ1) is 11.2. The van der Waals surface area contributed by atoms with E-state index in [0.717, 1.165) is 31.4 Å². The van der Waals surface area contributed by atoms with Gasteiger partial charge in [0.25, 0.3) is 0 Å². The zero-order valence-corrected chi connectivity index (χ0v) is 9.29. The van der Waals surface area contributed by atoms with E-state index in [-0.39, 0.29) is 17.5 Å². The van der Waals surface area contributed by atoms with Crippen molar-refractivity contribution in [1.82, 2.24) is 5.32 Å². The molecular formula is C12H16FNO2. The fourth-order valence-corrected chi connectivity index (χ4v) is 2.15. The van der Waals surface area contributed by atoms with Crippen LogP contribution in [0.4, 0.5) is 4.39 Å². The maximum atomic E-state index is 13.3. The van der Waals surface area contributed by atoms with Crippen LogP contribution in [0.1, 0.15) is 30.9 Å². The second kappa shape index (κ2) is 4.70. The Kier molecular flexibility index (Phi) is 3.29. The van der Waals surface area contributed by atoms with E-state index in [4.69, 9.17) is 4.74 Å². The lowest BCUT2D eigenvalue weighted by Gasteiger charge is -2.25. The van der Waals surface area contributed by atoms with Crippen molar-refractivity contribution in [1.29, 1.82) is 0 Å². The van der Waals surface area contributed by atoms with E-state index in [9.17, 15) is 9.50 Å². The average molecular weight is 225 g/mol. The van der Waals surface area contributed by atoms with Crippen LogP contribution in [0.3, 0.4) is 0 Å². The van der Waals surface area contributed by atoms with Gasteiger partial charge in [0.05, 0.1) is 7.11 Å². The Bertz CT molecular complexity index is 376. The summed E-state index contributed by atoms with van der Waals surface area (Å²) in [6.45, 7) is 0.934. The highest BCUT2D eigenvalue weighted by Crippen LogP contribution is 2.38.